The predicted molar refractivity (Wildman–Crippen MR) is 64.4 cm³/mol. The lowest BCUT2D eigenvalue weighted by Crippen LogP contribution is -2.43. The molecule has 3 nitrogen and oxygen atoms in total. The SMILES string of the molecule is CCC(CC(N)=S)N(C)CC(C)(C)O. The van der Waals surface area contributed by atoms with E-state index in [-0.39, 0.29) is 0 Å². The zero-order chi connectivity index (χ0) is 11.4. The van der Waals surface area contributed by atoms with E-state index in [1.807, 2.05) is 7.05 Å². The van der Waals surface area contributed by atoms with Crippen molar-refractivity contribution in [2.45, 2.75) is 45.3 Å². The van der Waals surface area contributed by atoms with Gasteiger partial charge in [0.25, 0.3) is 0 Å². The van der Waals surface area contributed by atoms with Crippen LogP contribution in [-0.4, -0.2) is 40.2 Å². The second-order valence-corrected chi connectivity index (χ2v) is 4.98. The molecule has 0 aromatic heterocycles. The van der Waals surface area contributed by atoms with Crippen LogP contribution in [-0.2, 0) is 0 Å². The van der Waals surface area contributed by atoms with E-state index in [1.165, 1.54) is 0 Å². The molecule has 14 heavy (non-hydrogen) atoms. The highest BCUT2D eigenvalue weighted by Crippen LogP contribution is 2.11. The number of hydrogen-bond acceptors (Lipinski definition) is 3. The first kappa shape index (κ1) is 13.8. The van der Waals surface area contributed by atoms with E-state index in [4.69, 9.17) is 18.0 Å². The predicted octanol–water partition coefficient (Wildman–Crippen LogP) is 1.14. The Morgan fingerprint density at radius 1 is 1.57 bits per heavy atom. The standard InChI is InChI=1S/C10H22N2OS/c1-5-8(6-9(11)14)12(4)7-10(2,3)13/h8,13H,5-7H2,1-4H3,(H2,11,14). The van der Waals surface area contributed by atoms with Crippen LogP contribution in [0, 0.1) is 0 Å². The minimum atomic E-state index is -0.668. The van der Waals surface area contributed by atoms with Gasteiger partial charge in [0.1, 0.15) is 0 Å². The van der Waals surface area contributed by atoms with Gasteiger partial charge in [0.2, 0.25) is 0 Å². The molecule has 0 aromatic rings. The monoisotopic (exact) mass is 218 g/mol. The number of nitrogens with two attached hydrogens (primary N) is 1. The van der Waals surface area contributed by atoms with Crippen molar-refractivity contribution in [3.8, 4) is 0 Å². The highest BCUT2D eigenvalue weighted by atomic mass is 32.1. The van der Waals surface area contributed by atoms with Gasteiger partial charge in [0, 0.05) is 19.0 Å². The van der Waals surface area contributed by atoms with Gasteiger partial charge >= 0.3 is 0 Å². The zero-order valence-electron chi connectivity index (χ0n) is 9.58. The second-order valence-electron chi connectivity index (χ2n) is 4.46. The molecule has 0 aliphatic heterocycles. The van der Waals surface area contributed by atoms with E-state index in [2.05, 4.69) is 11.8 Å². The first-order chi connectivity index (χ1) is 6.26. The molecule has 84 valence electrons. The molecule has 4 heteroatoms. The summed E-state index contributed by atoms with van der Waals surface area (Å²) in [6.45, 7) is 6.34. The largest absolute Gasteiger partial charge is 0.393 e. The van der Waals surface area contributed by atoms with Gasteiger partial charge < -0.3 is 15.7 Å². The fourth-order valence-electron chi connectivity index (χ4n) is 1.58. The maximum atomic E-state index is 9.66. The molecule has 0 bridgehead atoms. The maximum absolute atomic E-state index is 9.66. The van der Waals surface area contributed by atoms with Crippen LogP contribution in [0.4, 0.5) is 0 Å². The third-order valence-electron chi connectivity index (χ3n) is 2.17. The highest BCUT2D eigenvalue weighted by molar-refractivity contribution is 7.80. The maximum Gasteiger partial charge on any atom is 0.0743 e. The summed E-state index contributed by atoms with van der Waals surface area (Å²) in [6.07, 6.45) is 1.71. The Morgan fingerprint density at radius 2 is 2.07 bits per heavy atom. The van der Waals surface area contributed by atoms with Crippen molar-refractivity contribution in [1.82, 2.24) is 4.90 Å². The van der Waals surface area contributed by atoms with Gasteiger partial charge in [0.05, 0.1) is 10.6 Å². The number of nitrogens with zero attached hydrogens (tertiary/aromatic N) is 1. The average Bonchev–Trinajstić information content (AvgIpc) is 1.96. The summed E-state index contributed by atoms with van der Waals surface area (Å²) < 4.78 is 0. The molecule has 0 aliphatic carbocycles. The quantitative estimate of drug-likeness (QED) is 0.657. The summed E-state index contributed by atoms with van der Waals surface area (Å²) in [6, 6.07) is 0.332. The molecule has 0 fully saturated rings. The number of thiocarbonyl (C=S) groups is 1. The second kappa shape index (κ2) is 5.63. The summed E-state index contributed by atoms with van der Waals surface area (Å²) in [5.74, 6) is 0. The Bertz CT molecular complexity index is 189. The van der Waals surface area contributed by atoms with Crippen molar-refractivity contribution in [3.63, 3.8) is 0 Å². The van der Waals surface area contributed by atoms with Crippen molar-refractivity contribution >= 4 is 17.2 Å². The fourth-order valence-corrected chi connectivity index (χ4v) is 1.78. The smallest absolute Gasteiger partial charge is 0.0743 e. The van der Waals surface area contributed by atoms with Crippen molar-refractivity contribution in [1.29, 1.82) is 0 Å². The Hall–Kier alpha value is -0.190. The number of likely N-dealkylation sites (N-methyl/N-ethyl adjacent to an activating group) is 1. The van der Waals surface area contributed by atoms with Crippen LogP contribution in [0.1, 0.15) is 33.6 Å². The summed E-state index contributed by atoms with van der Waals surface area (Å²) in [5.41, 5.74) is 4.84. The van der Waals surface area contributed by atoms with E-state index in [1.54, 1.807) is 13.8 Å². The molecule has 0 radical (unpaired) electrons. The summed E-state index contributed by atoms with van der Waals surface area (Å²) in [5, 5.41) is 9.66. The van der Waals surface area contributed by atoms with E-state index >= 15 is 0 Å². The van der Waals surface area contributed by atoms with Crippen LogP contribution in [0.3, 0.4) is 0 Å². The summed E-state index contributed by atoms with van der Waals surface area (Å²) in [7, 11) is 1.99. The summed E-state index contributed by atoms with van der Waals surface area (Å²) >= 11 is 4.89. The van der Waals surface area contributed by atoms with Gasteiger partial charge in [0.15, 0.2) is 0 Å². The zero-order valence-corrected chi connectivity index (χ0v) is 10.4. The van der Waals surface area contributed by atoms with Crippen LogP contribution >= 0.6 is 12.2 Å². The van der Waals surface area contributed by atoms with Crippen LogP contribution < -0.4 is 5.73 Å². The molecular formula is C10H22N2OS. The third-order valence-corrected chi connectivity index (χ3v) is 2.33. The lowest BCUT2D eigenvalue weighted by molar-refractivity contribution is 0.0315. The normalized spacial score (nSPS) is 14.4. The van der Waals surface area contributed by atoms with Gasteiger partial charge in [-0.1, -0.05) is 19.1 Å². The molecule has 0 spiro atoms. The average molecular weight is 218 g/mol. The molecule has 1 unspecified atom stereocenters. The Labute approximate surface area is 92.3 Å². The minimum Gasteiger partial charge on any atom is -0.393 e. The molecular weight excluding hydrogens is 196 g/mol. The van der Waals surface area contributed by atoms with E-state index < -0.39 is 5.60 Å². The lowest BCUT2D eigenvalue weighted by Gasteiger charge is -2.31. The molecule has 0 amide bonds. The lowest BCUT2D eigenvalue weighted by atomic mass is 10.1. The molecule has 0 heterocycles. The minimum absolute atomic E-state index is 0.332. The Kier molecular flexibility index (Phi) is 5.56. The molecule has 0 aliphatic rings. The van der Waals surface area contributed by atoms with Crippen LogP contribution in [0.2, 0.25) is 0 Å². The van der Waals surface area contributed by atoms with E-state index in [0.717, 1.165) is 12.8 Å². The summed E-state index contributed by atoms with van der Waals surface area (Å²) in [4.78, 5) is 2.65. The molecule has 0 rings (SSSR count). The van der Waals surface area contributed by atoms with Crippen LogP contribution in [0.15, 0.2) is 0 Å². The molecule has 0 aromatic carbocycles. The molecule has 0 saturated heterocycles. The van der Waals surface area contributed by atoms with Gasteiger partial charge in [-0.15, -0.1) is 0 Å². The van der Waals surface area contributed by atoms with Gasteiger partial charge in [-0.2, -0.15) is 0 Å². The van der Waals surface area contributed by atoms with Crippen molar-refractivity contribution in [3.05, 3.63) is 0 Å². The third kappa shape index (κ3) is 6.29. The van der Waals surface area contributed by atoms with Gasteiger partial charge in [-0.25, -0.2) is 0 Å². The molecule has 3 N–H and O–H groups in total. The van der Waals surface area contributed by atoms with E-state index in [9.17, 15) is 5.11 Å². The number of hydrogen-bond donors (Lipinski definition) is 2. The fraction of sp³-hybridized carbons (Fsp3) is 0.900. The van der Waals surface area contributed by atoms with Gasteiger partial charge in [-0.05, 0) is 27.3 Å². The van der Waals surface area contributed by atoms with Crippen LogP contribution in [0.5, 0.6) is 0 Å². The van der Waals surface area contributed by atoms with Crippen molar-refractivity contribution in [2.75, 3.05) is 13.6 Å². The first-order valence-corrected chi connectivity index (χ1v) is 5.38. The van der Waals surface area contributed by atoms with Crippen molar-refractivity contribution in [2.24, 2.45) is 5.73 Å². The van der Waals surface area contributed by atoms with E-state index in [0.29, 0.717) is 17.6 Å². The Balaban J connectivity index is 4.17. The molecule has 1 atom stereocenters. The van der Waals surface area contributed by atoms with Crippen LogP contribution in [0.25, 0.3) is 0 Å². The topological polar surface area (TPSA) is 49.5 Å². The Morgan fingerprint density at radius 3 is 2.36 bits per heavy atom. The van der Waals surface area contributed by atoms with Crippen molar-refractivity contribution < 1.29 is 5.11 Å². The highest BCUT2D eigenvalue weighted by Gasteiger charge is 2.21. The van der Waals surface area contributed by atoms with Gasteiger partial charge in [-0.3, -0.25) is 0 Å². The number of aliphatic hydroxyl groups is 1. The number of rotatable bonds is 6. The first-order valence-electron chi connectivity index (χ1n) is 4.97. The molecule has 0 saturated carbocycles.